The number of halogens is 7. The number of pyridine rings is 2. The summed E-state index contributed by atoms with van der Waals surface area (Å²) in [6.45, 7) is 0. The normalized spacial score (nSPS) is 11.1. The molecule has 0 aliphatic carbocycles. The lowest BCUT2D eigenvalue weighted by molar-refractivity contribution is -0.386. The highest BCUT2D eigenvalue weighted by Gasteiger charge is 2.34. The molecular formula is C13H4BrF6N5O4. The molecule has 0 atom stereocenters. The maximum absolute atomic E-state index is 12.1. The Bertz CT molecular complexity index is 989. The quantitative estimate of drug-likeness (QED) is 0.260. The third-order valence-corrected chi connectivity index (χ3v) is 3.45. The summed E-state index contributed by atoms with van der Waals surface area (Å²) in [5.41, 5.74) is -4.71. The van der Waals surface area contributed by atoms with Crippen molar-refractivity contribution >= 4 is 27.3 Å². The van der Waals surface area contributed by atoms with Gasteiger partial charge in [-0.15, -0.1) is 0 Å². The van der Waals surface area contributed by atoms with E-state index in [9.17, 15) is 46.6 Å². The summed E-state index contributed by atoms with van der Waals surface area (Å²) < 4.78 is 72.4. The van der Waals surface area contributed by atoms with Crippen molar-refractivity contribution < 1.29 is 36.2 Å². The maximum atomic E-state index is 12.1. The zero-order chi connectivity index (χ0) is 22.6. The van der Waals surface area contributed by atoms with Crippen molar-refractivity contribution in [1.82, 2.24) is 9.97 Å². The number of nitro groups is 2. The van der Waals surface area contributed by atoms with Gasteiger partial charge in [-0.05, 0) is 15.9 Å². The van der Waals surface area contributed by atoms with Gasteiger partial charge in [-0.2, -0.15) is 31.6 Å². The van der Waals surface area contributed by atoms with E-state index < -0.39 is 50.4 Å². The van der Waals surface area contributed by atoms with E-state index in [1.165, 1.54) is 6.07 Å². The summed E-state index contributed by atoms with van der Waals surface area (Å²) >= 11 is 2.68. The van der Waals surface area contributed by atoms with Crippen LogP contribution < -0.4 is 0 Å². The van der Waals surface area contributed by atoms with Crippen molar-refractivity contribution in [3.05, 3.63) is 66.2 Å². The van der Waals surface area contributed by atoms with Crippen molar-refractivity contribution in [2.45, 2.75) is 12.4 Å². The highest BCUT2D eigenvalue weighted by Crippen LogP contribution is 2.33. The molecule has 0 fully saturated rings. The van der Waals surface area contributed by atoms with Gasteiger partial charge in [-0.3, -0.25) is 20.2 Å². The van der Waals surface area contributed by atoms with Crippen LogP contribution in [0.25, 0.3) is 0 Å². The van der Waals surface area contributed by atoms with Gasteiger partial charge in [0.2, 0.25) is 5.69 Å². The second-order valence-corrected chi connectivity index (χ2v) is 5.50. The van der Waals surface area contributed by atoms with Crippen LogP contribution in [0, 0.1) is 31.6 Å². The Morgan fingerprint density at radius 1 is 0.897 bits per heavy atom. The average molecular weight is 488 g/mol. The predicted octanol–water partition coefficient (Wildman–Crippen LogP) is 4.65. The first-order valence-corrected chi connectivity index (χ1v) is 7.46. The number of nitrogens with zero attached hydrogens (tertiary/aromatic N) is 5. The average Bonchev–Trinajstić information content (AvgIpc) is 2.60. The van der Waals surface area contributed by atoms with Crippen LogP contribution in [0.2, 0.25) is 0 Å². The topological polar surface area (TPSA) is 136 Å². The van der Waals surface area contributed by atoms with E-state index in [0.717, 1.165) is 0 Å². The number of rotatable bonds is 2. The first kappa shape index (κ1) is 23.7. The van der Waals surface area contributed by atoms with Crippen LogP contribution in [-0.4, -0.2) is 19.8 Å². The van der Waals surface area contributed by atoms with Gasteiger partial charge < -0.3 is 0 Å². The molecule has 0 amide bonds. The van der Waals surface area contributed by atoms with E-state index in [1.54, 1.807) is 0 Å². The summed E-state index contributed by atoms with van der Waals surface area (Å²) in [4.78, 5) is 24.8. The monoisotopic (exact) mass is 487 g/mol. The summed E-state index contributed by atoms with van der Waals surface area (Å²) in [5.74, 6) is 0. The van der Waals surface area contributed by atoms with E-state index in [2.05, 4.69) is 25.9 Å². The smallest absolute Gasteiger partial charge is 0.258 e. The summed E-state index contributed by atoms with van der Waals surface area (Å²) in [7, 11) is 0. The number of hydrogen-bond donors (Lipinski definition) is 0. The molecule has 9 nitrogen and oxygen atoms in total. The van der Waals surface area contributed by atoms with Gasteiger partial charge in [-0.1, -0.05) is 0 Å². The number of nitriles is 1. The molecule has 0 aliphatic rings. The lowest BCUT2D eigenvalue weighted by Crippen LogP contribution is -2.07. The highest BCUT2D eigenvalue weighted by atomic mass is 79.9. The van der Waals surface area contributed by atoms with Gasteiger partial charge in [-0.25, -0.2) is 9.97 Å². The Labute approximate surface area is 164 Å². The first-order valence-electron chi connectivity index (χ1n) is 6.67. The van der Waals surface area contributed by atoms with Crippen LogP contribution in [0.4, 0.5) is 37.7 Å². The van der Waals surface area contributed by atoms with Crippen LogP contribution >= 0.6 is 15.9 Å². The minimum Gasteiger partial charge on any atom is -0.258 e. The molecule has 0 aliphatic heterocycles. The molecule has 2 aromatic rings. The molecule has 2 aromatic heterocycles. The molecule has 0 unspecified atom stereocenters. The van der Waals surface area contributed by atoms with Crippen molar-refractivity contribution in [2.75, 3.05) is 0 Å². The number of aromatic nitrogens is 2. The van der Waals surface area contributed by atoms with Gasteiger partial charge in [0.1, 0.15) is 6.07 Å². The Balaban J connectivity index is 0.000000291. The van der Waals surface area contributed by atoms with Crippen molar-refractivity contribution in [2.24, 2.45) is 0 Å². The zero-order valence-corrected chi connectivity index (χ0v) is 14.9. The maximum Gasteiger partial charge on any atom is 0.418 e. The fraction of sp³-hybridized carbons (Fsp3) is 0.154. The Hall–Kier alpha value is -3.35. The fourth-order valence-electron chi connectivity index (χ4n) is 1.55. The fourth-order valence-corrected chi connectivity index (χ4v) is 1.91. The second kappa shape index (κ2) is 8.77. The van der Waals surface area contributed by atoms with Crippen molar-refractivity contribution in [3.8, 4) is 6.07 Å². The lowest BCUT2D eigenvalue weighted by Gasteiger charge is -2.05. The second-order valence-electron chi connectivity index (χ2n) is 4.75. The molecule has 154 valence electrons. The van der Waals surface area contributed by atoms with E-state index in [1.807, 2.05) is 0 Å². The summed E-state index contributed by atoms with van der Waals surface area (Å²) in [5, 5.41) is 28.9. The third kappa shape index (κ3) is 6.34. The molecule has 0 spiro atoms. The standard InChI is InChI=1S/C7H2F3N3O2.C6H2BrF3N2O2/c8-7(9,10)4-1-6(13(14)15)5(2-11)12-3-4;7-5-4(12(13)14)1-3(2-11-5)6(8,9)10/h1,3H;1-2H. The molecule has 0 saturated carbocycles. The largest absolute Gasteiger partial charge is 0.418 e. The molecule has 0 bridgehead atoms. The molecule has 2 rings (SSSR count). The highest BCUT2D eigenvalue weighted by molar-refractivity contribution is 9.10. The van der Waals surface area contributed by atoms with E-state index in [4.69, 9.17) is 5.26 Å². The van der Waals surface area contributed by atoms with E-state index in [-0.39, 0.29) is 10.7 Å². The van der Waals surface area contributed by atoms with Crippen molar-refractivity contribution in [1.29, 1.82) is 5.26 Å². The van der Waals surface area contributed by atoms with Crippen LogP contribution in [0.15, 0.2) is 29.1 Å². The minimum absolute atomic E-state index is 0.226. The van der Waals surface area contributed by atoms with Crippen LogP contribution in [0.3, 0.4) is 0 Å². The minimum atomic E-state index is -4.72. The first-order chi connectivity index (χ1) is 13.2. The zero-order valence-electron chi connectivity index (χ0n) is 13.3. The third-order valence-electron chi connectivity index (χ3n) is 2.84. The van der Waals surface area contributed by atoms with Gasteiger partial charge in [0.25, 0.3) is 0 Å². The molecule has 29 heavy (non-hydrogen) atoms. The van der Waals surface area contributed by atoms with Crippen LogP contribution in [-0.2, 0) is 12.4 Å². The van der Waals surface area contributed by atoms with Gasteiger partial charge >= 0.3 is 23.7 Å². The van der Waals surface area contributed by atoms with Gasteiger partial charge in [0, 0.05) is 24.5 Å². The summed E-state index contributed by atoms with van der Waals surface area (Å²) in [6.07, 6.45) is -8.44. The molecule has 0 saturated heterocycles. The number of hydrogen-bond acceptors (Lipinski definition) is 7. The SMILES string of the molecule is N#Cc1ncc(C(F)(F)F)cc1[N+](=O)[O-].O=[N+]([O-])c1cc(C(F)(F)F)cnc1Br. The Morgan fingerprint density at radius 3 is 1.69 bits per heavy atom. The number of alkyl halides is 6. The molecule has 0 radical (unpaired) electrons. The van der Waals surface area contributed by atoms with E-state index >= 15 is 0 Å². The molecule has 0 N–H and O–H groups in total. The van der Waals surface area contributed by atoms with Crippen LogP contribution in [0.5, 0.6) is 0 Å². The van der Waals surface area contributed by atoms with Gasteiger partial charge in [0.05, 0.1) is 21.0 Å². The lowest BCUT2D eigenvalue weighted by atomic mass is 10.2. The van der Waals surface area contributed by atoms with Crippen LogP contribution in [0.1, 0.15) is 16.8 Å². The molecular weight excluding hydrogens is 484 g/mol. The molecule has 2 heterocycles. The molecule has 0 aromatic carbocycles. The predicted molar refractivity (Wildman–Crippen MR) is 84.2 cm³/mol. The Morgan fingerprint density at radius 2 is 1.31 bits per heavy atom. The Kier molecular flexibility index (Phi) is 7.16. The molecule has 16 heteroatoms. The van der Waals surface area contributed by atoms with Gasteiger partial charge in [0.15, 0.2) is 4.60 Å². The summed E-state index contributed by atoms with van der Waals surface area (Å²) in [6, 6.07) is 2.05. The van der Waals surface area contributed by atoms with Crippen molar-refractivity contribution in [3.63, 3.8) is 0 Å². The van der Waals surface area contributed by atoms with E-state index in [0.29, 0.717) is 18.5 Å².